The molecule has 7 heteroatoms. The molecule has 0 radical (unpaired) electrons. The number of carbonyl (C=O) groups excluding carboxylic acids is 2. The highest BCUT2D eigenvalue weighted by molar-refractivity contribution is 6.29. The number of carbonyl (C=O) groups is 2. The van der Waals surface area contributed by atoms with Crippen molar-refractivity contribution in [2.24, 2.45) is 0 Å². The zero-order chi connectivity index (χ0) is 25.2. The van der Waals surface area contributed by atoms with Crippen LogP contribution in [0.15, 0.2) is 116 Å². The Morgan fingerprint density at radius 1 is 0.568 bits per heavy atom. The third kappa shape index (κ3) is 4.08. The number of imide groups is 1. The minimum Gasteiger partial charge on any atom is -0.268 e. The fourth-order valence-electron chi connectivity index (χ4n) is 4.34. The molecule has 6 aromatic rings. The number of nitrogens with zero attached hydrogens (tertiary/aromatic N) is 5. The van der Waals surface area contributed by atoms with Crippen molar-refractivity contribution < 1.29 is 9.59 Å². The lowest BCUT2D eigenvalue weighted by Crippen LogP contribution is -2.38. The van der Waals surface area contributed by atoms with Gasteiger partial charge in [0.2, 0.25) is 0 Å². The van der Waals surface area contributed by atoms with Crippen molar-refractivity contribution >= 4 is 39.4 Å². The van der Waals surface area contributed by atoms with Gasteiger partial charge in [-0.2, -0.15) is 0 Å². The van der Waals surface area contributed by atoms with Gasteiger partial charge in [-0.25, -0.2) is 14.9 Å². The van der Waals surface area contributed by atoms with E-state index in [4.69, 9.17) is 0 Å². The first kappa shape index (κ1) is 22.2. The Labute approximate surface area is 212 Å². The standard InChI is InChI=1S/C30H19N5O2/c36-29(23-14-16-31-25-12-6-4-10-21(23)25)35(28-18-27(33-19-34-28)20-8-2-1-3-9-20)30(37)24-15-17-32-26-13-7-5-11-22(24)26/h1-19H. The van der Waals surface area contributed by atoms with E-state index < -0.39 is 11.8 Å². The van der Waals surface area contributed by atoms with Crippen LogP contribution in [0, 0.1) is 0 Å². The second kappa shape index (κ2) is 9.39. The van der Waals surface area contributed by atoms with E-state index in [2.05, 4.69) is 19.9 Å². The predicted molar refractivity (Wildman–Crippen MR) is 142 cm³/mol. The number of amides is 2. The Hall–Kier alpha value is -5.30. The molecule has 0 aliphatic heterocycles. The number of rotatable bonds is 4. The SMILES string of the molecule is O=C(c1ccnc2ccccc12)N(C(=O)c1ccnc2ccccc12)c1cc(-c2ccccc2)ncn1. The summed E-state index contributed by atoms with van der Waals surface area (Å²) in [4.78, 5) is 46.9. The number of aromatic nitrogens is 4. The molecular formula is C30H19N5O2. The predicted octanol–water partition coefficient (Wildman–Crippen LogP) is 5.73. The highest BCUT2D eigenvalue weighted by atomic mass is 16.2. The summed E-state index contributed by atoms with van der Waals surface area (Å²) in [7, 11) is 0. The Bertz CT molecular complexity index is 1680. The fraction of sp³-hybridized carbons (Fsp3) is 0. The molecule has 37 heavy (non-hydrogen) atoms. The molecular weight excluding hydrogens is 462 g/mol. The zero-order valence-electron chi connectivity index (χ0n) is 19.5. The summed E-state index contributed by atoms with van der Waals surface area (Å²) in [6, 6.07) is 29.1. The number of hydrogen-bond acceptors (Lipinski definition) is 6. The zero-order valence-corrected chi connectivity index (χ0v) is 19.5. The number of pyridine rings is 2. The number of benzene rings is 3. The maximum Gasteiger partial charge on any atom is 0.267 e. The summed E-state index contributed by atoms with van der Waals surface area (Å²) >= 11 is 0. The molecule has 0 bridgehead atoms. The molecule has 176 valence electrons. The molecule has 0 saturated heterocycles. The van der Waals surface area contributed by atoms with E-state index in [1.807, 2.05) is 78.9 Å². The fourth-order valence-corrected chi connectivity index (χ4v) is 4.34. The van der Waals surface area contributed by atoms with Crippen molar-refractivity contribution in [3.63, 3.8) is 0 Å². The van der Waals surface area contributed by atoms with Crippen LogP contribution in [0.4, 0.5) is 5.82 Å². The molecule has 6 rings (SSSR count). The van der Waals surface area contributed by atoms with E-state index in [1.54, 1.807) is 30.6 Å². The van der Waals surface area contributed by atoms with E-state index in [0.717, 1.165) is 10.5 Å². The largest absolute Gasteiger partial charge is 0.268 e. The molecule has 3 aromatic heterocycles. The average molecular weight is 482 g/mol. The molecule has 0 atom stereocenters. The van der Waals surface area contributed by atoms with Gasteiger partial charge in [-0.3, -0.25) is 19.6 Å². The van der Waals surface area contributed by atoms with Crippen LogP contribution in [0.2, 0.25) is 0 Å². The van der Waals surface area contributed by atoms with Crippen LogP contribution in [-0.4, -0.2) is 31.8 Å². The summed E-state index contributed by atoms with van der Waals surface area (Å²) < 4.78 is 0. The molecule has 0 fully saturated rings. The average Bonchev–Trinajstić information content (AvgIpc) is 2.97. The first-order chi connectivity index (χ1) is 18.2. The molecule has 2 amide bonds. The van der Waals surface area contributed by atoms with Crippen LogP contribution in [-0.2, 0) is 0 Å². The molecule has 0 aliphatic carbocycles. The van der Waals surface area contributed by atoms with Crippen molar-refractivity contribution in [1.82, 2.24) is 19.9 Å². The minimum atomic E-state index is -0.512. The van der Waals surface area contributed by atoms with E-state index in [1.165, 1.54) is 6.33 Å². The molecule has 3 heterocycles. The highest BCUT2D eigenvalue weighted by Crippen LogP contribution is 2.27. The summed E-state index contributed by atoms with van der Waals surface area (Å²) in [5.74, 6) is -0.852. The Morgan fingerprint density at radius 2 is 1.11 bits per heavy atom. The van der Waals surface area contributed by atoms with Crippen molar-refractivity contribution in [2.45, 2.75) is 0 Å². The van der Waals surface area contributed by atoms with Gasteiger partial charge in [0.25, 0.3) is 11.8 Å². The van der Waals surface area contributed by atoms with Crippen molar-refractivity contribution in [2.75, 3.05) is 4.90 Å². The smallest absolute Gasteiger partial charge is 0.267 e. The van der Waals surface area contributed by atoms with Gasteiger partial charge in [0.1, 0.15) is 12.1 Å². The van der Waals surface area contributed by atoms with Gasteiger partial charge in [0.05, 0.1) is 27.9 Å². The Morgan fingerprint density at radius 3 is 1.70 bits per heavy atom. The van der Waals surface area contributed by atoms with Crippen molar-refractivity contribution in [3.05, 3.63) is 127 Å². The molecule has 0 aliphatic rings. The summed E-state index contributed by atoms with van der Waals surface area (Å²) in [6.45, 7) is 0. The molecule has 0 spiro atoms. The van der Waals surface area contributed by atoms with E-state index in [-0.39, 0.29) is 5.82 Å². The minimum absolute atomic E-state index is 0.172. The second-order valence-electron chi connectivity index (χ2n) is 8.32. The van der Waals surface area contributed by atoms with Crippen LogP contribution in [0.5, 0.6) is 0 Å². The number of para-hydroxylation sites is 2. The first-order valence-electron chi connectivity index (χ1n) is 11.6. The normalized spacial score (nSPS) is 10.9. The maximum atomic E-state index is 14.2. The van der Waals surface area contributed by atoms with E-state index in [0.29, 0.717) is 38.6 Å². The van der Waals surface area contributed by atoms with Crippen LogP contribution in [0.3, 0.4) is 0 Å². The summed E-state index contributed by atoms with van der Waals surface area (Å²) in [5, 5.41) is 1.29. The number of fused-ring (bicyclic) bond motifs is 2. The van der Waals surface area contributed by atoms with E-state index in [9.17, 15) is 9.59 Å². The maximum absolute atomic E-state index is 14.2. The summed E-state index contributed by atoms with van der Waals surface area (Å²) in [6.07, 6.45) is 4.49. The lowest BCUT2D eigenvalue weighted by molar-refractivity contribution is 0.0898. The van der Waals surface area contributed by atoms with Gasteiger partial charge in [-0.1, -0.05) is 66.7 Å². The van der Waals surface area contributed by atoms with Gasteiger partial charge >= 0.3 is 0 Å². The quantitative estimate of drug-likeness (QED) is 0.299. The molecule has 0 N–H and O–H groups in total. The third-order valence-corrected chi connectivity index (χ3v) is 6.12. The van der Waals surface area contributed by atoms with Gasteiger partial charge in [-0.15, -0.1) is 0 Å². The van der Waals surface area contributed by atoms with Gasteiger partial charge < -0.3 is 0 Å². The van der Waals surface area contributed by atoms with Crippen molar-refractivity contribution in [1.29, 1.82) is 0 Å². The van der Waals surface area contributed by atoms with Crippen molar-refractivity contribution in [3.8, 4) is 11.3 Å². The first-order valence-corrected chi connectivity index (χ1v) is 11.6. The lowest BCUT2D eigenvalue weighted by Gasteiger charge is -2.22. The Kier molecular flexibility index (Phi) is 5.63. The van der Waals surface area contributed by atoms with Gasteiger partial charge in [-0.05, 0) is 24.3 Å². The molecule has 0 saturated carbocycles. The number of anilines is 1. The summed E-state index contributed by atoms with van der Waals surface area (Å²) in [5.41, 5.74) is 3.44. The number of hydrogen-bond donors (Lipinski definition) is 0. The molecule has 3 aromatic carbocycles. The third-order valence-electron chi connectivity index (χ3n) is 6.12. The van der Waals surface area contributed by atoms with Crippen LogP contribution >= 0.6 is 0 Å². The Balaban J connectivity index is 1.55. The van der Waals surface area contributed by atoms with E-state index >= 15 is 0 Å². The van der Waals surface area contributed by atoms with Crippen LogP contribution in [0.1, 0.15) is 20.7 Å². The topological polar surface area (TPSA) is 88.9 Å². The van der Waals surface area contributed by atoms with Gasteiger partial charge in [0.15, 0.2) is 0 Å². The highest BCUT2D eigenvalue weighted by Gasteiger charge is 2.30. The lowest BCUT2D eigenvalue weighted by atomic mass is 10.1. The van der Waals surface area contributed by atoms with Crippen LogP contribution < -0.4 is 4.90 Å². The van der Waals surface area contributed by atoms with Gasteiger partial charge in [0, 0.05) is 34.8 Å². The molecule has 7 nitrogen and oxygen atoms in total. The monoisotopic (exact) mass is 481 g/mol. The second-order valence-corrected chi connectivity index (χ2v) is 8.32. The molecule has 0 unspecified atom stereocenters. The van der Waals surface area contributed by atoms with Crippen LogP contribution in [0.25, 0.3) is 33.1 Å².